The van der Waals surface area contributed by atoms with E-state index in [-0.39, 0.29) is 5.56 Å². The van der Waals surface area contributed by atoms with Crippen LogP contribution in [0.15, 0.2) is 33.8 Å². The summed E-state index contributed by atoms with van der Waals surface area (Å²) in [6.07, 6.45) is -2.86. The molecular formula is C17H15F3N4O5. The molecule has 0 saturated carbocycles. The van der Waals surface area contributed by atoms with Crippen LogP contribution in [0, 0.1) is 0 Å². The number of aliphatic hydroxyl groups is 1. The van der Waals surface area contributed by atoms with E-state index in [1.54, 1.807) is 0 Å². The maximum absolute atomic E-state index is 13.7. The number of halogens is 3. The number of H-pyrrole nitrogens is 1. The molecule has 0 aromatic carbocycles. The fraction of sp³-hybridized carbons (Fsp3) is 0.294. The van der Waals surface area contributed by atoms with Crippen LogP contribution in [0.3, 0.4) is 0 Å². The molecule has 0 fully saturated rings. The molecule has 0 spiro atoms. The fourth-order valence-corrected chi connectivity index (χ4v) is 2.80. The Balaban J connectivity index is 2.26. The average Bonchev–Trinajstić information content (AvgIpc) is 3.17. The molecule has 3 rings (SSSR count). The van der Waals surface area contributed by atoms with Crippen molar-refractivity contribution < 1.29 is 32.7 Å². The van der Waals surface area contributed by atoms with Gasteiger partial charge >= 0.3 is 12.1 Å². The minimum absolute atomic E-state index is 0.183. The number of hydrogen-bond acceptors (Lipinski definition) is 6. The van der Waals surface area contributed by atoms with Crippen molar-refractivity contribution in [2.45, 2.75) is 32.2 Å². The van der Waals surface area contributed by atoms with Crippen molar-refractivity contribution in [1.82, 2.24) is 19.9 Å². The van der Waals surface area contributed by atoms with Gasteiger partial charge in [-0.3, -0.25) is 9.48 Å². The largest absolute Gasteiger partial charge is 0.477 e. The summed E-state index contributed by atoms with van der Waals surface area (Å²) in [5, 5.41) is 26.6. The van der Waals surface area contributed by atoms with Gasteiger partial charge in [0.05, 0.1) is 29.5 Å². The Labute approximate surface area is 160 Å². The van der Waals surface area contributed by atoms with Crippen LogP contribution in [-0.2, 0) is 12.7 Å². The Morgan fingerprint density at radius 2 is 2.00 bits per heavy atom. The van der Waals surface area contributed by atoms with Gasteiger partial charge in [-0.25, -0.2) is 4.79 Å². The number of aromatic amines is 1. The van der Waals surface area contributed by atoms with Crippen molar-refractivity contribution in [3.8, 4) is 22.6 Å². The van der Waals surface area contributed by atoms with Gasteiger partial charge < -0.3 is 19.7 Å². The molecule has 3 heterocycles. The summed E-state index contributed by atoms with van der Waals surface area (Å²) < 4.78 is 46.6. The van der Waals surface area contributed by atoms with E-state index in [4.69, 9.17) is 4.52 Å². The van der Waals surface area contributed by atoms with E-state index in [1.807, 2.05) is 0 Å². The molecule has 12 heteroatoms. The highest BCUT2D eigenvalue weighted by atomic mass is 19.4. The Kier molecular flexibility index (Phi) is 4.82. The molecule has 9 nitrogen and oxygen atoms in total. The molecule has 3 N–H and O–H groups in total. The molecule has 3 aromatic rings. The van der Waals surface area contributed by atoms with Crippen molar-refractivity contribution in [2.75, 3.05) is 0 Å². The molecule has 0 bridgehead atoms. The third-order valence-electron chi connectivity index (χ3n) is 3.87. The summed E-state index contributed by atoms with van der Waals surface area (Å²) in [6, 6.07) is 2.66. The maximum Gasteiger partial charge on any atom is 0.433 e. The number of carboxylic acid groups (broad SMARTS) is 1. The van der Waals surface area contributed by atoms with Gasteiger partial charge in [0.1, 0.15) is 11.3 Å². The van der Waals surface area contributed by atoms with Gasteiger partial charge in [0.15, 0.2) is 11.5 Å². The molecular weight excluding hydrogens is 397 g/mol. The number of nitrogens with one attached hydrogen (secondary N) is 1. The topological polar surface area (TPSA) is 134 Å². The second-order valence-corrected chi connectivity index (χ2v) is 6.83. The second kappa shape index (κ2) is 6.88. The summed E-state index contributed by atoms with van der Waals surface area (Å²) >= 11 is 0. The SMILES string of the molecule is CC(C)(O)Cn1ncc(-c2onc(-c3ccc[nH]c3=O)c2C(=O)O)c1C(F)(F)F. The first-order valence-electron chi connectivity index (χ1n) is 8.17. The molecule has 3 aromatic heterocycles. The van der Waals surface area contributed by atoms with Gasteiger partial charge in [-0.05, 0) is 26.0 Å². The maximum atomic E-state index is 13.7. The minimum Gasteiger partial charge on any atom is -0.477 e. The summed E-state index contributed by atoms with van der Waals surface area (Å²) in [7, 11) is 0. The van der Waals surface area contributed by atoms with E-state index < -0.39 is 58.1 Å². The number of rotatable bonds is 5. The second-order valence-electron chi connectivity index (χ2n) is 6.83. The van der Waals surface area contributed by atoms with Crippen LogP contribution >= 0.6 is 0 Å². The number of alkyl halides is 3. The number of carboxylic acids is 1. The van der Waals surface area contributed by atoms with Crippen LogP contribution in [0.1, 0.15) is 29.9 Å². The number of hydrogen-bond donors (Lipinski definition) is 3. The summed E-state index contributed by atoms with van der Waals surface area (Å²) in [5.41, 5.74) is -5.52. The average molecular weight is 412 g/mol. The highest BCUT2D eigenvalue weighted by Gasteiger charge is 2.42. The first kappa shape index (κ1) is 20.3. The smallest absolute Gasteiger partial charge is 0.433 e. The van der Waals surface area contributed by atoms with Gasteiger partial charge in [0.25, 0.3) is 5.56 Å². The zero-order valence-electron chi connectivity index (χ0n) is 15.1. The molecule has 0 aliphatic heterocycles. The zero-order valence-corrected chi connectivity index (χ0v) is 15.1. The van der Waals surface area contributed by atoms with Gasteiger partial charge in [0.2, 0.25) is 0 Å². The number of aromatic nitrogens is 4. The van der Waals surface area contributed by atoms with E-state index in [1.165, 1.54) is 32.2 Å². The lowest BCUT2D eigenvalue weighted by Gasteiger charge is -2.20. The van der Waals surface area contributed by atoms with Crippen LogP contribution < -0.4 is 5.56 Å². The number of carbonyl (C=O) groups is 1. The lowest BCUT2D eigenvalue weighted by atomic mass is 10.0. The molecule has 154 valence electrons. The molecule has 0 radical (unpaired) electrons. The summed E-state index contributed by atoms with van der Waals surface area (Å²) in [6.45, 7) is 2.08. The third kappa shape index (κ3) is 3.92. The monoisotopic (exact) mass is 412 g/mol. The Morgan fingerprint density at radius 1 is 1.31 bits per heavy atom. The Hall–Kier alpha value is -3.41. The van der Waals surface area contributed by atoms with Crippen LogP contribution in [-0.4, -0.2) is 41.7 Å². The normalized spacial score (nSPS) is 12.3. The van der Waals surface area contributed by atoms with E-state index in [0.29, 0.717) is 4.68 Å². The van der Waals surface area contributed by atoms with Crippen LogP contribution in [0.4, 0.5) is 13.2 Å². The molecule has 0 saturated heterocycles. The summed E-state index contributed by atoms with van der Waals surface area (Å²) in [4.78, 5) is 26.1. The van der Waals surface area contributed by atoms with E-state index in [9.17, 15) is 33.0 Å². The van der Waals surface area contributed by atoms with Crippen molar-refractivity contribution in [1.29, 1.82) is 0 Å². The predicted molar refractivity (Wildman–Crippen MR) is 92.0 cm³/mol. The fourth-order valence-electron chi connectivity index (χ4n) is 2.80. The van der Waals surface area contributed by atoms with E-state index >= 15 is 0 Å². The first-order valence-corrected chi connectivity index (χ1v) is 8.17. The van der Waals surface area contributed by atoms with Crippen molar-refractivity contribution >= 4 is 5.97 Å². The van der Waals surface area contributed by atoms with Gasteiger partial charge in [0, 0.05) is 6.20 Å². The highest BCUT2D eigenvalue weighted by Crippen LogP contribution is 2.40. The molecule has 0 amide bonds. The minimum atomic E-state index is -4.94. The lowest BCUT2D eigenvalue weighted by molar-refractivity contribution is -0.144. The first-order chi connectivity index (χ1) is 13.4. The summed E-state index contributed by atoms with van der Waals surface area (Å²) in [5.74, 6) is -2.34. The predicted octanol–water partition coefficient (Wildman–Crippen LogP) is 2.38. The standard InChI is InChI=1S/C17H15F3N4O5/c1-16(2,28)7-24-13(17(18,19)20)9(6-22-24)12-10(15(26)27)11(23-29-12)8-4-3-5-21-14(8)25/h3-6,28H,7H2,1-2H3,(H,21,25)(H,26,27). The van der Waals surface area contributed by atoms with E-state index in [0.717, 1.165) is 6.20 Å². The van der Waals surface area contributed by atoms with Crippen molar-refractivity contribution in [2.24, 2.45) is 0 Å². The van der Waals surface area contributed by atoms with Crippen molar-refractivity contribution in [3.05, 3.63) is 46.1 Å². The van der Waals surface area contributed by atoms with Gasteiger partial charge in [-0.2, -0.15) is 18.3 Å². The Morgan fingerprint density at radius 3 is 2.55 bits per heavy atom. The van der Waals surface area contributed by atoms with Crippen LogP contribution in [0.5, 0.6) is 0 Å². The number of aromatic carboxylic acids is 1. The zero-order chi connectivity index (χ0) is 21.6. The molecule has 0 unspecified atom stereocenters. The van der Waals surface area contributed by atoms with Crippen LogP contribution in [0.25, 0.3) is 22.6 Å². The molecule has 0 aliphatic rings. The highest BCUT2D eigenvalue weighted by molar-refractivity contribution is 6.00. The molecule has 0 aliphatic carbocycles. The van der Waals surface area contributed by atoms with Gasteiger partial charge in [-0.15, -0.1) is 0 Å². The van der Waals surface area contributed by atoms with Gasteiger partial charge in [-0.1, -0.05) is 5.16 Å². The lowest BCUT2D eigenvalue weighted by Crippen LogP contribution is -2.29. The van der Waals surface area contributed by atoms with Crippen molar-refractivity contribution in [3.63, 3.8) is 0 Å². The quantitative estimate of drug-likeness (QED) is 0.586. The third-order valence-corrected chi connectivity index (χ3v) is 3.87. The number of pyridine rings is 1. The molecule has 0 atom stereocenters. The Bertz CT molecular complexity index is 1120. The van der Waals surface area contributed by atoms with Crippen LogP contribution in [0.2, 0.25) is 0 Å². The number of nitrogens with zero attached hydrogens (tertiary/aromatic N) is 3. The van der Waals surface area contributed by atoms with E-state index in [2.05, 4.69) is 15.2 Å². The molecule has 29 heavy (non-hydrogen) atoms.